The number of fused-ring (bicyclic) bond motifs is 1. The zero-order valence-corrected chi connectivity index (χ0v) is 29.5. The number of aromatic amines is 3. The number of hydrogen-bond donors (Lipinski definition) is 7. The molecule has 2 saturated carbocycles. The van der Waals surface area contributed by atoms with Crippen LogP contribution in [0.3, 0.4) is 0 Å². The molecule has 0 saturated heterocycles. The maximum absolute atomic E-state index is 14.3. The lowest BCUT2D eigenvalue weighted by molar-refractivity contribution is -0.132. The van der Waals surface area contributed by atoms with E-state index in [4.69, 9.17) is 5.73 Å². The van der Waals surface area contributed by atoms with Gasteiger partial charge in [0.05, 0.1) is 6.04 Å². The number of carbonyl (C=O) groups excluding carboxylic acids is 3. The third-order valence-electron chi connectivity index (χ3n) is 10.7. The zero-order chi connectivity index (χ0) is 35.9. The summed E-state index contributed by atoms with van der Waals surface area (Å²) in [6, 6.07) is 14.6. The third-order valence-corrected chi connectivity index (χ3v) is 10.7. The van der Waals surface area contributed by atoms with E-state index in [9.17, 15) is 14.4 Å². The highest BCUT2D eigenvalue weighted by molar-refractivity contribution is 5.94. The fourth-order valence-corrected chi connectivity index (χ4v) is 7.72. The number of aromatic nitrogens is 5. The van der Waals surface area contributed by atoms with Crippen LogP contribution in [0.4, 0.5) is 0 Å². The van der Waals surface area contributed by atoms with Gasteiger partial charge in [0.25, 0.3) is 0 Å². The van der Waals surface area contributed by atoms with Crippen molar-refractivity contribution in [3.05, 3.63) is 107 Å². The molecule has 272 valence electrons. The van der Waals surface area contributed by atoms with Crippen LogP contribution in [-0.2, 0) is 40.2 Å². The van der Waals surface area contributed by atoms with Gasteiger partial charge in [-0.25, -0.2) is 9.97 Å². The summed E-state index contributed by atoms with van der Waals surface area (Å²) in [4.78, 5) is 61.0. The van der Waals surface area contributed by atoms with Crippen molar-refractivity contribution in [2.45, 2.75) is 107 Å². The van der Waals surface area contributed by atoms with Gasteiger partial charge in [-0.05, 0) is 42.9 Å². The first-order chi connectivity index (χ1) is 25.4. The standard InChI is InChI=1S/C40H49N9O3/c41-32(19-29-23-43-36(46-29)26-12-4-5-13-26)38(50)48-34(18-28-22-42-33-17-9-8-16-31(28)33)40(52)49-35(39(51)45-21-25-10-2-1-3-11-25)20-30-24-44-37(47-30)27-14-6-7-15-27/h1-3,8-11,16-17,22-24,26-27,32,34-35,42H,4-7,12-15,18-21,41H2,(H,43,46)(H,44,47)(H,45,51)(H,48,50)(H,49,52)/t32-,34-,35-/m0/s1. The van der Waals surface area contributed by atoms with Crippen LogP contribution in [0, 0.1) is 0 Å². The highest BCUT2D eigenvalue weighted by Gasteiger charge is 2.31. The molecule has 2 aromatic carbocycles. The Morgan fingerprint density at radius 3 is 1.96 bits per heavy atom. The molecule has 2 aliphatic rings. The van der Waals surface area contributed by atoms with Crippen LogP contribution in [0.1, 0.15) is 97.4 Å². The van der Waals surface area contributed by atoms with Crippen LogP contribution in [0.15, 0.2) is 73.2 Å². The van der Waals surface area contributed by atoms with Crippen LogP contribution in [0.25, 0.3) is 10.9 Å². The van der Waals surface area contributed by atoms with E-state index < -0.39 is 29.9 Å². The Labute approximate surface area is 303 Å². The summed E-state index contributed by atoms with van der Waals surface area (Å²) in [6.07, 6.45) is 15.2. The van der Waals surface area contributed by atoms with Crippen LogP contribution >= 0.6 is 0 Å². The molecule has 0 aliphatic heterocycles. The molecule has 3 heterocycles. The molecule has 0 spiro atoms. The third kappa shape index (κ3) is 8.62. The monoisotopic (exact) mass is 703 g/mol. The molecule has 8 N–H and O–H groups in total. The van der Waals surface area contributed by atoms with Crippen LogP contribution in [0.2, 0.25) is 0 Å². The predicted octanol–water partition coefficient (Wildman–Crippen LogP) is 4.57. The van der Waals surface area contributed by atoms with E-state index in [-0.39, 0.29) is 25.2 Å². The van der Waals surface area contributed by atoms with Crippen molar-refractivity contribution >= 4 is 28.6 Å². The Balaban J connectivity index is 1.09. The summed E-state index contributed by atoms with van der Waals surface area (Å²) in [7, 11) is 0. The first kappa shape index (κ1) is 35.2. The number of para-hydroxylation sites is 1. The minimum Gasteiger partial charge on any atom is -0.361 e. The van der Waals surface area contributed by atoms with Gasteiger partial charge in [0, 0.05) is 78.5 Å². The fourth-order valence-electron chi connectivity index (χ4n) is 7.72. The summed E-state index contributed by atoms with van der Waals surface area (Å²) < 4.78 is 0. The fraction of sp³-hybridized carbons (Fsp3) is 0.425. The molecule has 3 atom stereocenters. The van der Waals surface area contributed by atoms with E-state index in [2.05, 4.69) is 40.9 Å². The topological polar surface area (TPSA) is 186 Å². The Morgan fingerprint density at radius 2 is 1.29 bits per heavy atom. The molecule has 0 radical (unpaired) electrons. The minimum absolute atomic E-state index is 0.193. The number of nitrogens with two attached hydrogens (primary N) is 1. The van der Waals surface area contributed by atoms with Gasteiger partial charge in [0.1, 0.15) is 23.7 Å². The molecule has 2 aliphatic carbocycles. The molecule has 3 aromatic heterocycles. The van der Waals surface area contributed by atoms with Crippen molar-refractivity contribution in [2.24, 2.45) is 5.73 Å². The molecule has 3 amide bonds. The lowest BCUT2D eigenvalue weighted by atomic mass is 10.0. The molecule has 2 fully saturated rings. The molecule has 12 heteroatoms. The SMILES string of the molecule is N[C@@H](Cc1cnc(C2CCCC2)[nH]1)C(=O)N[C@@H](Cc1c[nH]c2ccccc12)C(=O)N[C@@H](Cc1cnc(C2CCCC2)[nH]1)C(=O)NCc1ccccc1. The summed E-state index contributed by atoms with van der Waals surface area (Å²) >= 11 is 0. The number of H-pyrrole nitrogens is 3. The molecule has 7 rings (SSSR count). The van der Waals surface area contributed by atoms with E-state index in [0.29, 0.717) is 18.4 Å². The lowest BCUT2D eigenvalue weighted by Gasteiger charge is -2.24. The maximum Gasteiger partial charge on any atom is 0.243 e. The average Bonchev–Trinajstić information content (AvgIpc) is 4.01. The van der Waals surface area contributed by atoms with Crippen LogP contribution in [-0.4, -0.2) is 60.8 Å². The molecular formula is C40H49N9O3. The van der Waals surface area contributed by atoms with E-state index in [1.54, 1.807) is 12.4 Å². The molecule has 5 aromatic rings. The van der Waals surface area contributed by atoms with Gasteiger partial charge < -0.3 is 36.6 Å². The van der Waals surface area contributed by atoms with Gasteiger partial charge in [0.15, 0.2) is 0 Å². The molecule has 0 bridgehead atoms. The average molecular weight is 704 g/mol. The Morgan fingerprint density at radius 1 is 0.712 bits per heavy atom. The van der Waals surface area contributed by atoms with E-state index in [0.717, 1.165) is 70.7 Å². The van der Waals surface area contributed by atoms with Gasteiger partial charge in [-0.15, -0.1) is 0 Å². The van der Waals surface area contributed by atoms with Gasteiger partial charge in [-0.2, -0.15) is 0 Å². The molecule has 12 nitrogen and oxygen atoms in total. The van der Waals surface area contributed by atoms with E-state index in [1.807, 2.05) is 60.8 Å². The number of nitrogens with one attached hydrogen (secondary N) is 6. The lowest BCUT2D eigenvalue weighted by Crippen LogP contribution is -2.57. The summed E-state index contributed by atoms with van der Waals surface area (Å²) in [5, 5.41) is 9.86. The summed E-state index contributed by atoms with van der Waals surface area (Å²) in [5.74, 6) is 1.39. The number of benzene rings is 2. The first-order valence-electron chi connectivity index (χ1n) is 18.7. The Hall–Kier alpha value is -5.23. The summed E-state index contributed by atoms with van der Waals surface area (Å²) in [5.41, 5.74) is 10.7. The largest absolute Gasteiger partial charge is 0.361 e. The molecule has 0 unspecified atom stereocenters. The quantitative estimate of drug-likeness (QED) is 0.0837. The van der Waals surface area contributed by atoms with Crippen LogP contribution < -0.4 is 21.7 Å². The van der Waals surface area contributed by atoms with Crippen molar-refractivity contribution in [2.75, 3.05) is 0 Å². The van der Waals surface area contributed by atoms with Gasteiger partial charge >= 0.3 is 0 Å². The maximum atomic E-state index is 14.3. The number of imidazole rings is 2. The second-order valence-corrected chi connectivity index (χ2v) is 14.5. The Kier molecular flexibility index (Phi) is 11.1. The number of rotatable bonds is 15. The highest BCUT2D eigenvalue weighted by atomic mass is 16.2. The normalized spacial score (nSPS) is 16.9. The van der Waals surface area contributed by atoms with Crippen LogP contribution in [0.5, 0.6) is 0 Å². The smallest absolute Gasteiger partial charge is 0.243 e. The number of hydrogen-bond acceptors (Lipinski definition) is 6. The van der Waals surface area contributed by atoms with Gasteiger partial charge in [-0.3, -0.25) is 14.4 Å². The Bertz CT molecular complexity index is 1950. The number of amides is 3. The van der Waals surface area contributed by atoms with Crippen molar-refractivity contribution in [1.82, 2.24) is 40.9 Å². The number of nitrogens with zero attached hydrogens (tertiary/aromatic N) is 2. The molecular weight excluding hydrogens is 654 g/mol. The summed E-state index contributed by atoms with van der Waals surface area (Å²) in [6.45, 7) is 0.308. The van der Waals surface area contributed by atoms with E-state index >= 15 is 0 Å². The van der Waals surface area contributed by atoms with Crippen molar-refractivity contribution in [1.29, 1.82) is 0 Å². The van der Waals surface area contributed by atoms with Gasteiger partial charge in [0.2, 0.25) is 17.7 Å². The zero-order valence-electron chi connectivity index (χ0n) is 29.5. The van der Waals surface area contributed by atoms with Gasteiger partial charge in [-0.1, -0.05) is 74.2 Å². The molecule has 52 heavy (non-hydrogen) atoms. The van der Waals surface area contributed by atoms with E-state index in [1.165, 1.54) is 25.7 Å². The number of carbonyl (C=O) groups is 3. The first-order valence-corrected chi connectivity index (χ1v) is 18.7. The minimum atomic E-state index is -1.01. The second kappa shape index (κ2) is 16.4. The van der Waals surface area contributed by atoms with Crippen molar-refractivity contribution < 1.29 is 14.4 Å². The highest BCUT2D eigenvalue weighted by Crippen LogP contribution is 2.33. The van der Waals surface area contributed by atoms with Crippen molar-refractivity contribution in [3.63, 3.8) is 0 Å². The van der Waals surface area contributed by atoms with Crippen molar-refractivity contribution in [3.8, 4) is 0 Å². The second-order valence-electron chi connectivity index (χ2n) is 14.5. The predicted molar refractivity (Wildman–Crippen MR) is 199 cm³/mol.